The van der Waals surface area contributed by atoms with Crippen molar-refractivity contribution >= 4 is 28.9 Å². The number of anilines is 1. The highest BCUT2D eigenvalue weighted by Gasteiger charge is 2.15. The fourth-order valence-corrected chi connectivity index (χ4v) is 1.85. The molecule has 4 heteroatoms. The number of methoxy groups -OCH3 is 1. The lowest BCUT2D eigenvalue weighted by atomic mass is 10.2. The molecule has 15 heavy (non-hydrogen) atoms. The van der Waals surface area contributed by atoms with E-state index in [1.54, 1.807) is 13.2 Å². The van der Waals surface area contributed by atoms with Crippen LogP contribution in [0.2, 0.25) is 10.0 Å². The molecule has 0 N–H and O–H groups in total. The van der Waals surface area contributed by atoms with E-state index in [4.69, 9.17) is 27.9 Å². The summed E-state index contributed by atoms with van der Waals surface area (Å²) in [7, 11) is 3.59. The Hall–Kier alpha value is -0.600. The zero-order valence-electron chi connectivity index (χ0n) is 9.34. The summed E-state index contributed by atoms with van der Waals surface area (Å²) < 4.78 is 5.27. The summed E-state index contributed by atoms with van der Waals surface area (Å²) in [5.41, 5.74) is 0.907. The minimum Gasteiger partial charge on any atom is -0.493 e. The first-order valence-corrected chi connectivity index (χ1v) is 5.48. The van der Waals surface area contributed by atoms with E-state index in [2.05, 4.69) is 18.7 Å². The van der Waals surface area contributed by atoms with E-state index in [9.17, 15) is 0 Å². The van der Waals surface area contributed by atoms with Crippen molar-refractivity contribution in [1.29, 1.82) is 0 Å². The summed E-state index contributed by atoms with van der Waals surface area (Å²) in [6, 6.07) is 3.89. The first-order valence-electron chi connectivity index (χ1n) is 4.73. The number of halogens is 2. The van der Waals surface area contributed by atoms with E-state index >= 15 is 0 Å². The SMILES string of the molecule is COc1c(Cl)cc(Cl)cc1N(C)C(C)C. The van der Waals surface area contributed by atoms with Gasteiger partial charge in [0.2, 0.25) is 0 Å². The minimum absolute atomic E-state index is 0.355. The molecule has 0 spiro atoms. The van der Waals surface area contributed by atoms with Crippen LogP contribution in [0.4, 0.5) is 5.69 Å². The van der Waals surface area contributed by atoms with Crippen LogP contribution >= 0.6 is 23.2 Å². The minimum atomic E-state index is 0.355. The van der Waals surface area contributed by atoms with E-state index in [1.165, 1.54) is 0 Å². The van der Waals surface area contributed by atoms with E-state index < -0.39 is 0 Å². The van der Waals surface area contributed by atoms with Crippen molar-refractivity contribution < 1.29 is 4.74 Å². The summed E-state index contributed by atoms with van der Waals surface area (Å²) in [5, 5.41) is 1.15. The number of hydrogen-bond acceptors (Lipinski definition) is 2. The van der Waals surface area contributed by atoms with Gasteiger partial charge in [0.05, 0.1) is 17.8 Å². The number of rotatable bonds is 3. The predicted octanol–water partition coefficient (Wildman–Crippen LogP) is 3.85. The van der Waals surface area contributed by atoms with E-state index in [-0.39, 0.29) is 0 Å². The molecule has 0 heterocycles. The Morgan fingerprint density at radius 1 is 1.27 bits per heavy atom. The zero-order chi connectivity index (χ0) is 11.6. The number of nitrogens with zero attached hydrogens (tertiary/aromatic N) is 1. The fraction of sp³-hybridized carbons (Fsp3) is 0.455. The van der Waals surface area contributed by atoms with Gasteiger partial charge in [-0.05, 0) is 26.0 Å². The molecule has 0 bridgehead atoms. The molecule has 2 nitrogen and oxygen atoms in total. The Morgan fingerprint density at radius 3 is 2.33 bits per heavy atom. The normalized spacial score (nSPS) is 10.6. The van der Waals surface area contributed by atoms with Gasteiger partial charge in [-0.2, -0.15) is 0 Å². The molecule has 1 rings (SSSR count). The van der Waals surface area contributed by atoms with Gasteiger partial charge in [-0.15, -0.1) is 0 Å². The quantitative estimate of drug-likeness (QED) is 0.805. The van der Waals surface area contributed by atoms with Gasteiger partial charge in [-0.1, -0.05) is 23.2 Å². The van der Waals surface area contributed by atoms with Crippen molar-refractivity contribution in [2.24, 2.45) is 0 Å². The second-order valence-electron chi connectivity index (χ2n) is 3.64. The average molecular weight is 248 g/mol. The Bertz CT molecular complexity index is 353. The van der Waals surface area contributed by atoms with Crippen molar-refractivity contribution in [2.75, 3.05) is 19.1 Å². The largest absolute Gasteiger partial charge is 0.493 e. The number of hydrogen-bond donors (Lipinski definition) is 0. The van der Waals surface area contributed by atoms with Crippen LogP contribution in [-0.4, -0.2) is 20.2 Å². The molecular formula is C11H15Cl2NO. The summed E-state index contributed by atoms with van der Waals surface area (Å²) in [6.45, 7) is 4.18. The highest BCUT2D eigenvalue weighted by Crippen LogP contribution is 2.38. The lowest BCUT2D eigenvalue weighted by molar-refractivity contribution is 0.414. The van der Waals surface area contributed by atoms with E-state index in [1.807, 2.05) is 13.1 Å². The third kappa shape index (κ3) is 2.70. The maximum absolute atomic E-state index is 6.05. The third-order valence-corrected chi connectivity index (χ3v) is 2.85. The van der Waals surface area contributed by atoms with Crippen LogP contribution in [0.25, 0.3) is 0 Å². The maximum Gasteiger partial charge on any atom is 0.160 e. The molecule has 84 valence electrons. The van der Waals surface area contributed by atoms with Gasteiger partial charge in [0.25, 0.3) is 0 Å². The number of benzene rings is 1. The molecule has 0 aliphatic carbocycles. The molecular weight excluding hydrogens is 233 g/mol. The maximum atomic E-state index is 6.05. The molecule has 0 aliphatic heterocycles. The number of ether oxygens (including phenoxy) is 1. The van der Waals surface area contributed by atoms with Crippen LogP contribution in [-0.2, 0) is 0 Å². The van der Waals surface area contributed by atoms with Crippen molar-refractivity contribution in [2.45, 2.75) is 19.9 Å². The zero-order valence-corrected chi connectivity index (χ0v) is 10.9. The standard InChI is InChI=1S/C11H15Cl2NO/c1-7(2)14(3)10-6-8(12)5-9(13)11(10)15-4/h5-7H,1-4H3. The monoisotopic (exact) mass is 247 g/mol. The Labute approximate surface area is 101 Å². The third-order valence-electron chi connectivity index (χ3n) is 2.35. The lowest BCUT2D eigenvalue weighted by Gasteiger charge is -2.26. The van der Waals surface area contributed by atoms with Gasteiger partial charge in [-0.25, -0.2) is 0 Å². The molecule has 0 unspecified atom stereocenters. The van der Waals surface area contributed by atoms with Crippen molar-refractivity contribution in [1.82, 2.24) is 0 Å². The summed E-state index contributed by atoms with van der Waals surface area (Å²) in [4.78, 5) is 2.07. The molecule has 0 atom stereocenters. The van der Waals surface area contributed by atoms with Crippen LogP contribution in [0.3, 0.4) is 0 Å². The van der Waals surface area contributed by atoms with Crippen molar-refractivity contribution in [3.8, 4) is 5.75 Å². The summed E-state index contributed by atoms with van der Waals surface area (Å²) in [5.74, 6) is 0.664. The van der Waals surface area contributed by atoms with Gasteiger partial charge in [0.1, 0.15) is 0 Å². The Morgan fingerprint density at radius 2 is 1.87 bits per heavy atom. The van der Waals surface area contributed by atoms with Crippen molar-refractivity contribution in [3.05, 3.63) is 22.2 Å². The molecule has 0 aliphatic rings. The molecule has 0 amide bonds. The lowest BCUT2D eigenvalue weighted by Crippen LogP contribution is -2.26. The van der Waals surface area contributed by atoms with Crippen LogP contribution < -0.4 is 9.64 Å². The Balaban J connectivity index is 3.26. The molecule has 0 saturated carbocycles. The highest BCUT2D eigenvalue weighted by molar-refractivity contribution is 6.36. The summed E-state index contributed by atoms with van der Waals surface area (Å²) >= 11 is 12.0. The summed E-state index contributed by atoms with van der Waals surface area (Å²) in [6.07, 6.45) is 0. The topological polar surface area (TPSA) is 12.5 Å². The first kappa shape index (κ1) is 12.5. The van der Waals surface area contributed by atoms with Crippen molar-refractivity contribution in [3.63, 3.8) is 0 Å². The molecule has 1 aromatic rings. The molecule has 0 saturated heterocycles. The molecule has 1 aromatic carbocycles. The van der Waals surface area contributed by atoms with Gasteiger partial charge in [0, 0.05) is 18.1 Å². The first-order chi connectivity index (χ1) is 6.97. The van der Waals surface area contributed by atoms with Crippen LogP contribution in [0, 0.1) is 0 Å². The molecule has 0 radical (unpaired) electrons. The van der Waals surface area contributed by atoms with E-state index in [0.29, 0.717) is 21.8 Å². The molecule has 0 aromatic heterocycles. The second-order valence-corrected chi connectivity index (χ2v) is 4.49. The predicted molar refractivity (Wildman–Crippen MR) is 66.6 cm³/mol. The average Bonchev–Trinajstić information content (AvgIpc) is 2.15. The van der Waals surface area contributed by atoms with Crippen LogP contribution in [0.1, 0.15) is 13.8 Å². The highest BCUT2D eigenvalue weighted by atomic mass is 35.5. The van der Waals surface area contributed by atoms with Gasteiger partial charge >= 0.3 is 0 Å². The smallest absolute Gasteiger partial charge is 0.160 e. The molecule has 0 fully saturated rings. The van der Waals surface area contributed by atoms with Crippen LogP contribution in [0.5, 0.6) is 5.75 Å². The Kier molecular flexibility index (Phi) is 4.12. The van der Waals surface area contributed by atoms with Gasteiger partial charge in [-0.3, -0.25) is 0 Å². The second kappa shape index (κ2) is 4.95. The van der Waals surface area contributed by atoms with Gasteiger partial charge < -0.3 is 9.64 Å². The fourth-order valence-electron chi connectivity index (χ4n) is 1.29. The van der Waals surface area contributed by atoms with E-state index in [0.717, 1.165) is 5.69 Å². The van der Waals surface area contributed by atoms with Crippen LogP contribution in [0.15, 0.2) is 12.1 Å². The van der Waals surface area contributed by atoms with Gasteiger partial charge in [0.15, 0.2) is 5.75 Å².